The molecule has 7 heteroatoms. The highest BCUT2D eigenvalue weighted by Gasteiger charge is 2.22. The highest BCUT2D eigenvalue weighted by atomic mass is 19.1. The van der Waals surface area contributed by atoms with Crippen molar-refractivity contribution in [1.29, 1.82) is 0 Å². The van der Waals surface area contributed by atoms with E-state index in [0.29, 0.717) is 13.0 Å². The van der Waals surface area contributed by atoms with E-state index < -0.39 is 17.6 Å². The highest BCUT2D eigenvalue weighted by molar-refractivity contribution is 6.00. The summed E-state index contributed by atoms with van der Waals surface area (Å²) in [6.07, 6.45) is 2.14. The quantitative estimate of drug-likeness (QED) is 0.626. The lowest BCUT2D eigenvalue weighted by Gasteiger charge is -2.23. The van der Waals surface area contributed by atoms with Gasteiger partial charge in [0.2, 0.25) is 0 Å². The Hall–Kier alpha value is -3.61. The fourth-order valence-corrected chi connectivity index (χ4v) is 2.71. The Labute approximate surface area is 162 Å². The molecule has 28 heavy (non-hydrogen) atoms. The molecule has 0 unspecified atom stereocenters. The Kier molecular flexibility index (Phi) is 5.74. The molecule has 2 amide bonds. The average molecular weight is 380 g/mol. The first-order valence-corrected chi connectivity index (χ1v) is 8.78. The third-order valence-corrected chi connectivity index (χ3v) is 4.23. The number of nitrogens with zero attached hydrogens (tertiary/aromatic N) is 2. The van der Waals surface area contributed by atoms with Gasteiger partial charge in [-0.3, -0.25) is 0 Å². The van der Waals surface area contributed by atoms with Crippen LogP contribution in [-0.4, -0.2) is 22.7 Å². The van der Waals surface area contributed by atoms with E-state index in [9.17, 15) is 14.3 Å². The lowest BCUT2D eigenvalue weighted by atomic mass is 10.1. The van der Waals surface area contributed by atoms with Crippen molar-refractivity contribution in [3.63, 3.8) is 0 Å². The molecule has 1 aromatic heterocycles. The number of halogens is 1. The molecule has 0 saturated heterocycles. The number of aryl methyl sites for hydroxylation is 1. The summed E-state index contributed by atoms with van der Waals surface area (Å²) in [7, 11) is 0. The molecule has 4 N–H and O–H groups in total. The van der Waals surface area contributed by atoms with Crippen LogP contribution in [0.1, 0.15) is 11.1 Å². The molecule has 0 saturated carbocycles. The first kappa shape index (κ1) is 19.2. The molecule has 144 valence electrons. The summed E-state index contributed by atoms with van der Waals surface area (Å²) in [4.78, 5) is 18.2. The van der Waals surface area contributed by atoms with Gasteiger partial charge in [-0.25, -0.2) is 19.1 Å². The van der Waals surface area contributed by atoms with E-state index in [-0.39, 0.29) is 17.2 Å². The van der Waals surface area contributed by atoms with Gasteiger partial charge >= 0.3 is 6.03 Å². The third kappa shape index (κ3) is 4.37. The molecule has 1 heterocycles. The largest absolute Gasteiger partial charge is 0.505 e. The van der Waals surface area contributed by atoms with Crippen LogP contribution in [-0.2, 0) is 6.42 Å². The van der Waals surface area contributed by atoms with Crippen molar-refractivity contribution in [3.05, 3.63) is 77.7 Å². The molecule has 3 aromatic rings. The van der Waals surface area contributed by atoms with Gasteiger partial charge in [0.05, 0.1) is 11.4 Å². The molecule has 3 rings (SSSR count). The van der Waals surface area contributed by atoms with Gasteiger partial charge in [-0.2, -0.15) is 0 Å². The van der Waals surface area contributed by atoms with E-state index >= 15 is 0 Å². The third-order valence-electron chi connectivity index (χ3n) is 4.23. The molecule has 0 fully saturated rings. The molecular weight excluding hydrogens is 359 g/mol. The van der Waals surface area contributed by atoms with Crippen LogP contribution in [0, 0.1) is 12.7 Å². The summed E-state index contributed by atoms with van der Waals surface area (Å²) >= 11 is 0. The van der Waals surface area contributed by atoms with E-state index in [1.807, 2.05) is 31.2 Å². The van der Waals surface area contributed by atoms with Gasteiger partial charge in [0.15, 0.2) is 17.4 Å². The zero-order valence-corrected chi connectivity index (χ0v) is 15.4. The predicted molar refractivity (Wildman–Crippen MR) is 107 cm³/mol. The van der Waals surface area contributed by atoms with Gasteiger partial charge in [-0.05, 0) is 43.2 Å². The number of nitrogens with one attached hydrogen (secondary N) is 1. The van der Waals surface area contributed by atoms with Crippen LogP contribution in [0.3, 0.4) is 0 Å². The molecule has 0 aliphatic heterocycles. The number of pyridine rings is 1. The number of carbonyl (C=O) groups is 1. The van der Waals surface area contributed by atoms with Crippen molar-refractivity contribution in [2.24, 2.45) is 0 Å². The number of hydrogen-bond acceptors (Lipinski definition) is 4. The number of carbonyl (C=O) groups excluding carboxylic acids is 1. The van der Waals surface area contributed by atoms with Crippen LogP contribution in [0.2, 0.25) is 0 Å². The van der Waals surface area contributed by atoms with E-state index in [1.165, 1.54) is 28.8 Å². The fourth-order valence-electron chi connectivity index (χ4n) is 2.71. The van der Waals surface area contributed by atoms with Crippen molar-refractivity contribution in [1.82, 2.24) is 10.3 Å². The maximum absolute atomic E-state index is 13.9. The molecule has 0 aliphatic rings. The van der Waals surface area contributed by atoms with Gasteiger partial charge in [-0.15, -0.1) is 0 Å². The Bertz CT molecular complexity index is 976. The van der Waals surface area contributed by atoms with Gasteiger partial charge < -0.3 is 16.2 Å². The first-order chi connectivity index (χ1) is 13.5. The van der Waals surface area contributed by atoms with E-state index in [1.54, 1.807) is 12.1 Å². The van der Waals surface area contributed by atoms with Gasteiger partial charge in [-0.1, -0.05) is 29.8 Å². The smallest absolute Gasteiger partial charge is 0.327 e. The zero-order valence-electron chi connectivity index (χ0n) is 15.4. The number of anilines is 3. The molecule has 0 aliphatic carbocycles. The fraction of sp³-hybridized carbons (Fsp3) is 0.143. The number of benzene rings is 2. The minimum atomic E-state index is -0.843. The number of nitrogen functional groups attached to an aromatic ring is 1. The number of hydrogen-bond donors (Lipinski definition) is 3. The van der Waals surface area contributed by atoms with Crippen LogP contribution in [0.15, 0.2) is 60.8 Å². The maximum atomic E-state index is 13.9. The number of phenolic OH excluding ortho intramolecular Hbond substituents is 1. The number of phenols is 1. The lowest BCUT2D eigenvalue weighted by molar-refractivity contribution is 0.248. The second-order valence-electron chi connectivity index (χ2n) is 6.35. The minimum Gasteiger partial charge on any atom is -0.505 e. The molecule has 6 nitrogen and oxygen atoms in total. The molecule has 0 radical (unpaired) electrons. The zero-order chi connectivity index (χ0) is 20.1. The predicted octanol–water partition coefficient (Wildman–Crippen LogP) is 3.91. The maximum Gasteiger partial charge on any atom is 0.327 e. The second kappa shape index (κ2) is 8.39. The first-order valence-electron chi connectivity index (χ1n) is 8.78. The standard InChI is InChI=1S/C21H21FN4O2/c1-14-4-6-15(7-5-14)10-12-25-21(28)26(20-18(23)3-2-11-24-20)16-8-9-19(27)17(22)13-16/h2-9,11,13,27H,10,12,23H2,1H3,(H,25,28). The number of aromatic nitrogens is 1. The Balaban J connectivity index is 1.81. The second-order valence-corrected chi connectivity index (χ2v) is 6.35. The van der Waals surface area contributed by atoms with Crippen LogP contribution in [0.25, 0.3) is 0 Å². The molecular formula is C21H21FN4O2. The Morgan fingerprint density at radius 3 is 2.64 bits per heavy atom. The molecule has 0 spiro atoms. The Morgan fingerprint density at radius 2 is 1.96 bits per heavy atom. The minimum absolute atomic E-state index is 0.181. The molecule has 0 atom stereocenters. The van der Waals surface area contributed by atoms with Gasteiger partial charge in [0, 0.05) is 18.8 Å². The van der Waals surface area contributed by atoms with Crippen molar-refractivity contribution >= 4 is 23.2 Å². The van der Waals surface area contributed by atoms with Crippen molar-refractivity contribution < 1.29 is 14.3 Å². The number of rotatable bonds is 5. The van der Waals surface area contributed by atoms with Crippen LogP contribution >= 0.6 is 0 Å². The Morgan fingerprint density at radius 1 is 1.21 bits per heavy atom. The van der Waals surface area contributed by atoms with Crippen LogP contribution in [0.5, 0.6) is 5.75 Å². The average Bonchev–Trinajstić information content (AvgIpc) is 2.68. The summed E-state index contributed by atoms with van der Waals surface area (Å²) in [5.41, 5.74) is 8.70. The summed E-state index contributed by atoms with van der Waals surface area (Å²) in [6, 6.07) is 14.4. The SMILES string of the molecule is Cc1ccc(CCNC(=O)N(c2ccc(O)c(F)c2)c2ncccc2N)cc1. The summed E-state index contributed by atoms with van der Waals surface area (Å²) in [5.74, 6) is -1.16. The van der Waals surface area contributed by atoms with Crippen molar-refractivity contribution in [3.8, 4) is 5.75 Å². The van der Waals surface area contributed by atoms with E-state index in [4.69, 9.17) is 5.73 Å². The summed E-state index contributed by atoms with van der Waals surface area (Å²) < 4.78 is 13.9. The molecule has 0 bridgehead atoms. The van der Waals surface area contributed by atoms with Gasteiger partial charge in [0.1, 0.15) is 0 Å². The summed E-state index contributed by atoms with van der Waals surface area (Å²) in [6.45, 7) is 2.39. The topological polar surface area (TPSA) is 91.5 Å². The van der Waals surface area contributed by atoms with Gasteiger partial charge in [0.25, 0.3) is 0 Å². The van der Waals surface area contributed by atoms with E-state index in [0.717, 1.165) is 11.6 Å². The molecule has 2 aromatic carbocycles. The number of aromatic hydroxyl groups is 1. The van der Waals surface area contributed by atoms with Crippen LogP contribution in [0.4, 0.5) is 26.4 Å². The normalized spacial score (nSPS) is 10.5. The summed E-state index contributed by atoms with van der Waals surface area (Å²) in [5, 5.41) is 12.3. The number of nitrogens with two attached hydrogens (primary N) is 1. The van der Waals surface area contributed by atoms with Crippen molar-refractivity contribution in [2.45, 2.75) is 13.3 Å². The number of amides is 2. The lowest BCUT2D eigenvalue weighted by Crippen LogP contribution is -2.38. The van der Waals surface area contributed by atoms with E-state index in [2.05, 4.69) is 10.3 Å². The monoisotopic (exact) mass is 380 g/mol. The number of urea groups is 1. The van der Waals surface area contributed by atoms with Crippen LogP contribution < -0.4 is 16.0 Å². The highest BCUT2D eigenvalue weighted by Crippen LogP contribution is 2.30. The van der Waals surface area contributed by atoms with Crippen molar-refractivity contribution in [2.75, 3.05) is 17.2 Å².